The van der Waals surface area contributed by atoms with Crippen molar-refractivity contribution >= 4 is 39.4 Å². The monoisotopic (exact) mass is 412 g/mol. The molecule has 0 N–H and O–H groups in total. The van der Waals surface area contributed by atoms with Crippen LogP contribution >= 0.6 is 22.7 Å². The van der Waals surface area contributed by atoms with Gasteiger partial charge in [0.05, 0.1) is 11.4 Å². The van der Waals surface area contributed by atoms with Crippen molar-refractivity contribution in [1.29, 1.82) is 0 Å². The summed E-state index contributed by atoms with van der Waals surface area (Å²) >= 11 is 3.36. The van der Waals surface area contributed by atoms with Crippen molar-refractivity contribution < 1.29 is 4.79 Å². The molecule has 1 fully saturated rings. The molecular weight excluding hydrogens is 388 g/mol. The predicted molar refractivity (Wildman–Crippen MR) is 116 cm³/mol. The first-order chi connectivity index (χ1) is 13.7. The van der Waals surface area contributed by atoms with Crippen LogP contribution in [0.15, 0.2) is 53.2 Å². The SMILES string of the molecule is CC(=O)N(c1ccccc1)c1nc(CN2CCN(Cc3cccs3)CC2)cs1. The minimum atomic E-state index is -0.0192. The molecule has 5 nitrogen and oxygen atoms in total. The van der Waals surface area contributed by atoms with Crippen molar-refractivity contribution in [3.63, 3.8) is 0 Å². The maximum Gasteiger partial charge on any atom is 0.230 e. The Morgan fingerprint density at radius 3 is 2.36 bits per heavy atom. The summed E-state index contributed by atoms with van der Waals surface area (Å²) in [7, 11) is 0. The molecule has 7 heteroatoms. The van der Waals surface area contributed by atoms with Gasteiger partial charge in [-0.1, -0.05) is 24.3 Å². The second-order valence-corrected chi connectivity index (χ2v) is 8.81. The van der Waals surface area contributed by atoms with E-state index in [1.54, 1.807) is 11.8 Å². The van der Waals surface area contributed by atoms with Crippen molar-refractivity contribution in [3.05, 3.63) is 63.8 Å². The van der Waals surface area contributed by atoms with Crippen LogP contribution in [0.25, 0.3) is 0 Å². The molecule has 1 amide bonds. The number of benzene rings is 1. The zero-order valence-corrected chi connectivity index (χ0v) is 17.6. The lowest BCUT2D eigenvalue weighted by molar-refractivity contribution is -0.115. The molecule has 0 radical (unpaired) electrons. The molecule has 2 aromatic heterocycles. The highest BCUT2D eigenvalue weighted by Gasteiger charge is 2.21. The van der Waals surface area contributed by atoms with Crippen LogP contribution < -0.4 is 4.90 Å². The van der Waals surface area contributed by atoms with Crippen molar-refractivity contribution in [2.24, 2.45) is 0 Å². The molecule has 0 atom stereocenters. The van der Waals surface area contributed by atoms with Gasteiger partial charge in [0.15, 0.2) is 5.13 Å². The van der Waals surface area contributed by atoms with Gasteiger partial charge >= 0.3 is 0 Å². The lowest BCUT2D eigenvalue weighted by Crippen LogP contribution is -2.45. The molecule has 3 heterocycles. The normalized spacial score (nSPS) is 15.6. The summed E-state index contributed by atoms with van der Waals surface area (Å²) in [5, 5.41) is 4.96. The van der Waals surface area contributed by atoms with Crippen LogP contribution in [0.1, 0.15) is 17.5 Å². The van der Waals surface area contributed by atoms with Gasteiger partial charge in [-0.2, -0.15) is 0 Å². The number of rotatable bonds is 6. The lowest BCUT2D eigenvalue weighted by Gasteiger charge is -2.34. The summed E-state index contributed by atoms with van der Waals surface area (Å²) in [4.78, 5) is 25.0. The van der Waals surface area contributed by atoms with Crippen LogP contribution in [-0.4, -0.2) is 46.9 Å². The summed E-state index contributed by atoms with van der Waals surface area (Å²) in [6, 6.07) is 14.0. The molecule has 1 saturated heterocycles. The fraction of sp³-hybridized carbons (Fsp3) is 0.333. The van der Waals surface area contributed by atoms with Crippen LogP contribution in [0, 0.1) is 0 Å². The molecule has 4 rings (SSSR count). The number of hydrogen-bond donors (Lipinski definition) is 0. The first-order valence-corrected chi connectivity index (χ1v) is 11.2. The minimum absolute atomic E-state index is 0.0192. The standard InChI is InChI=1S/C21H24N4OS2/c1-17(26)25(19-6-3-2-4-7-19)21-22-18(16-28-21)14-23-9-11-24(12-10-23)15-20-8-5-13-27-20/h2-8,13,16H,9-12,14-15H2,1H3. The average molecular weight is 413 g/mol. The fourth-order valence-electron chi connectivity index (χ4n) is 3.43. The molecule has 0 saturated carbocycles. The first kappa shape index (κ1) is 19.3. The van der Waals surface area contributed by atoms with Gasteiger partial charge in [-0.3, -0.25) is 19.5 Å². The van der Waals surface area contributed by atoms with Gasteiger partial charge in [-0.15, -0.1) is 22.7 Å². The zero-order chi connectivity index (χ0) is 19.3. The quantitative estimate of drug-likeness (QED) is 0.608. The maximum atomic E-state index is 12.2. The molecule has 146 valence electrons. The van der Waals surface area contributed by atoms with Crippen LogP contribution in [0.2, 0.25) is 0 Å². The van der Waals surface area contributed by atoms with E-state index in [0.717, 1.165) is 55.8 Å². The average Bonchev–Trinajstić information content (AvgIpc) is 3.37. The number of thiazole rings is 1. The van der Waals surface area contributed by atoms with E-state index in [1.165, 1.54) is 16.2 Å². The smallest absolute Gasteiger partial charge is 0.230 e. The Kier molecular flexibility index (Phi) is 6.17. The molecule has 0 aliphatic carbocycles. The second kappa shape index (κ2) is 8.96. The van der Waals surface area contributed by atoms with E-state index in [2.05, 4.69) is 32.7 Å². The summed E-state index contributed by atoms with van der Waals surface area (Å²) < 4.78 is 0. The number of amides is 1. The number of anilines is 2. The van der Waals surface area contributed by atoms with E-state index in [4.69, 9.17) is 4.98 Å². The van der Waals surface area contributed by atoms with Gasteiger partial charge in [-0.25, -0.2) is 4.98 Å². The topological polar surface area (TPSA) is 39.7 Å². The van der Waals surface area contributed by atoms with Gasteiger partial charge in [0.2, 0.25) is 5.91 Å². The molecule has 3 aromatic rings. The Bertz CT molecular complexity index is 886. The van der Waals surface area contributed by atoms with Gasteiger partial charge in [-0.05, 0) is 23.6 Å². The number of piperazine rings is 1. The van der Waals surface area contributed by atoms with Crippen molar-refractivity contribution in [2.45, 2.75) is 20.0 Å². The molecule has 1 aromatic carbocycles. The Labute approximate surface area is 173 Å². The number of carbonyl (C=O) groups is 1. The molecule has 1 aliphatic rings. The third kappa shape index (κ3) is 4.67. The van der Waals surface area contributed by atoms with E-state index in [1.807, 2.05) is 41.7 Å². The van der Waals surface area contributed by atoms with Crippen LogP contribution in [0.5, 0.6) is 0 Å². The number of hydrogen-bond acceptors (Lipinski definition) is 6. The molecule has 0 unspecified atom stereocenters. The number of carbonyl (C=O) groups excluding carboxylic acids is 1. The summed E-state index contributed by atoms with van der Waals surface area (Å²) in [6.07, 6.45) is 0. The molecule has 28 heavy (non-hydrogen) atoms. The number of aromatic nitrogens is 1. The third-order valence-electron chi connectivity index (χ3n) is 4.87. The Morgan fingerprint density at radius 1 is 1.00 bits per heavy atom. The van der Waals surface area contributed by atoms with Crippen molar-refractivity contribution in [2.75, 3.05) is 31.1 Å². The second-order valence-electron chi connectivity index (χ2n) is 6.94. The third-order valence-corrected chi connectivity index (χ3v) is 6.61. The number of thiophene rings is 1. The lowest BCUT2D eigenvalue weighted by atomic mass is 10.3. The highest BCUT2D eigenvalue weighted by molar-refractivity contribution is 7.14. The highest BCUT2D eigenvalue weighted by atomic mass is 32.1. The van der Waals surface area contributed by atoms with Gasteiger partial charge in [0.1, 0.15) is 0 Å². The van der Waals surface area contributed by atoms with Crippen LogP contribution in [-0.2, 0) is 17.9 Å². The summed E-state index contributed by atoms with van der Waals surface area (Å²) in [6.45, 7) is 7.74. The largest absolute Gasteiger partial charge is 0.296 e. The minimum Gasteiger partial charge on any atom is -0.296 e. The number of nitrogens with zero attached hydrogens (tertiary/aromatic N) is 4. The van der Waals surface area contributed by atoms with E-state index in [9.17, 15) is 4.79 Å². The van der Waals surface area contributed by atoms with Gasteiger partial charge in [0.25, 0.3) is 0 Å². The highest BCUT2D eigenvalue weighted by Crippen LogP contribution is 2.29. The van der Waals surface area contributed by atoms with E-state index in [-0.39, 0.29) is 5.91 Å². The Balaban J connectivity index is 1.35. The van der Waals surface area contributed by atoms with E-state index < -0.39 is 0 Å². The van der Waals surface area contributed by atoms with Crippen LogP contribution in [0.3, 0.4) is 0 Å². The maximum absolute atomic E-state index is 12.2. The number of para-hydroxylation sites is 1. The zero-order valence-electron chi connectivity index (χ0n) is 16.0. The van der Waals surface area contributed by atoms with Gasteiger partial charge in [0, 0.05) is 56.4 Å². The molecule has 0 bridgehead atoms. The summed E-state index contributed by atoms with van der Waals surface area (Å²) in [5.41, 5.74) is 1.90. The van der Waals surface area contributed by atoms with E-state index >= 15 is 0 Å². The fourth-order valence-corrected chi connectivity index (χ4v) is 5.06. The molecule has 0 spiro atoms. The Hall–Kier alpha value is -2.06. The van der Waals surface area contributed by atoms with Crippen LogP contribution in [0.4, 0.5) is 10.8 Å². The first-order valence-electron chi connectivity index (χ1n) is 9.46. The predicted octanol–water partition coefficient (Wildman–Crippen LogP) is 4.21. The van der Waals surface area contributed by atoms with Gasteiger partial charge < -0.3 is 0 Å². The van der Waals surface area contributed by atoms with E-state index in [0.29, 0.717) is 0 Å². The summed E-state index contributed by atoms with van der Waals surface area (Å²) in [5.74, 6) is -0.0192. The molecule has 1 aliphatic heterocycles. The van der Waals surface area contributed by atoms with Crippen molar-refractivity contribution in [1.82, 2.24) is 14.8 Å². The molecular formula is C21H24N4OS2. The Morgan fingerprint density at radius 2 is 1.71 bits per heavy atom. The van der Waals surface area contributed by atoms with Crippen molar-refractivity contribution in [3.8, 4) is 0 Å².